The highest BCUT2D eigenvalue weighted by atomic mass is 79.9. The maximum atomic E-state index is 3.40. The van der Waals surface area contributed by atoms with Crippen LogP contribution in [0.2, 0.25) is 0 Å². The zero-order chi connectivity index (χ0) is 7.66. The van der Waals surface area contributed by atoms with E-state index in [1.807, 2.05) is 0 Å². The molecule has 0 spiro atoms. The van der Waals surface area contributed by atoms with Gasteiger partial charge < -0.3 is 0 Å². The molecular formula is C9H15Br. The van der Waals surface area contributed by atoms with Crippen molar-refractivity contribution >= 4 is 15.9 Å². The molecule has 0 aliphatic heterocycles. The van der Waals surface area contributed by atoms with Crippen LogP contribution in [0.3, 0.4) is 0 Å². The quantitative estimate of drug-likeness (QED) is 0.373. The predicted molar refractivity (Wildman–Crippen MR) is 50.3 cm³/mol. The van der Waals surface area contributed by atoms with Crippen molar-refractivity contribution in [2.45, 2.75) is 39.0 Å². The Morgan fingerprint density at radius 1 is 1.10 bits per heavy atom. The minimum atomic E-state index is 0.998. The third-order valence-corrected chi connectivity index (χ3v) is 1.80. The van der Waals surface area contributed by atoms with Gasteiger partial charge in [-0.05, 0) is 12.8 Å². The zero-order valence-corrected chi connectivity index (χ0v) is 8.21. The van der Waals surface area contributed by atoms with Gasteiger partial charge in [0.05, 0.1) is 0 Å². The van der Waals surface area contributed by atoms with Gasteiger partial charge in [-0.2, -0.15) is 0 Å². The lowest BCUT2D eigenvalue weighted by Crippen LogP contribution is -1.75. The van der Waals surface area contributed by atoms with Crippen molar-refractivity contribution in [3.8, 4) is 11.8 Å². The Bertz CT molecular complexity index is 108. The molecule has 0 amide bonds. The maximum absolute atomic E-state index is 3.40. The van der Waals surface area contributed by atoms with Crippen molar-refractivity contribution in [1.29, 1.82) is 0 Å². The van der Waals surface area contributed by atoms with Gasteiger partial charge >= 0.3 is 0 Å². The highest BCUT2D eigenvalue weighted by Gasteiger charge is 1.83. The smallest absolute Gasteiger partial charge is 0.00886 e. The number of hydrogen-bond donors (Lipinski definition) is 0. The third-order valence-electron chi connectivity index (χ3n) is 1.24. The molecule has 0 aromatic carbocycles. The SMILES string of the molecule is CCC#CCCCCCBr. The molecule has 0 bridgehead atoms. The summed E-state index contributed by atoms with van der Waals surface area (Å²) in [6.45, 7) is 2.09. The van der Waals surface area contributed by atoms with Crippen LogP contribution in [0.15, 0.2) is 0 Å². The fourth-order valence-electron chi connectivity index (χ4n) is 0.698. The Morgan fingerprint density at radius 2 is 1.90 bits per heavy atom. The molecule has 0 radical (unpaired) electrons. The summed E-state index contributed by atoms with van der Waals surface area (Å²) in [4.78, 5) is 0. The monoisotopic (exact) mass is 202 g/mol. The van der Waals surface area contributed by atoms with E-state index in [2.05, 4.69) is 34.7 Å². The van der Waals surface area contributed by atoms with E-state index in [-0.39, 0.29) is 0 Å². The Morgan fingerprint density at radius 3 is 2.50 bits per heavy atom. The minimum Gasteiger partial charge on any atom is -0.104 e. The molecule has 0 saturated heterocycles. The molecule has 0 unspecified atom stereocenters. The first kappa shape index (κ1) is 10.0. The lowest BCUT2D eigenvalue weighted by atomic mass is 10.2. The van der Waals surface area contributed by atoms with Gasteiger partial charge in [0, 0.05) is 18.2 Å². The van der Waals surface area contributed by atoms with Crippen molar-refractivity contribution < 1.29 is 0 Å². The van der Waals surface area contributed by atoms with Gasteiger partial charge in [-0.1, -0.05) is 29.3 Å². The second-order valence-electron chi connectivity index (χ2n) is 2.21. The molecule has 0 heterocycles. The first-order chi connectivity index (χ1) is 4.91. The van der Waals surface area contributed by atoms with E-state index in [0.717, 1.165) is 18.2 Å². The standard InChI is InChI=1S/C9H15Br/c1-2-3-4-5-6-7-8-9-10/h2,5-9H2,1H3. The van der Waals surface area contributed by atoms with Crippen LogP contribution < -0.4 is 0 Å². The topological polar surface area (TPSA) is 0 Å². The van der Waals surface area contributed by atoms with Crippen molar-refractivity contribution in [2.24, 2.45) is 0 Å². The summed E-state index contributed by atoms with van der Waals surface area (Å²) in [6, 6.07) is 0. The van der Waals surface area contributed by atoms with Crippen molar-refractivity contribution in [3.63, 3.8) is 0 Å². The van der Waals surface area contributed by atoms with Crippen LogP contribution in [0, 0.1) is 11.8 Å². The predicted octanol–water partition coefficient (Wildman–Crippen LogP) is 3.36. The Kier molecular flexibility index (Phi) is 9.08. The number of halogens is 1. The summed E-state index contributed by atoms with van der Waals surface area (Å²) in [6.07, 6.45) is 5.94. The van der Waals surface area contributed by atoms with Gasteiger partial charge in [-0.15, -0.1) is 11.8 Å². The number of unbranched alkanes of at least 4 members (excludes halogenated alkanes) is 3. The normalized spacial score (nSPS) is 8.60. The van der Waals surface area contributed by atoms with Crippen LogP contribution in [-0.2, 0) is 0 Å². The maximum Gasteiger partial charge on any atom is 0.00886 e. The highest BCUT2D eigenvalue weighted by Crippen LogP contribution is 2.00. The summed E-state index contributed by atoms with van der Waals surface area (Å²) in [5, 5.41) is 1.13. The molecular weight excluding hydrogens is 188 g/mol. The van der Waals surface area contributed by atoms with E-state index >= 15 is 0 Å². The number of alkyl halides is 1. The van der Waals surface area contributed by atoms with Gasteiger partial charge in [0.1, 0.15) is 0 Å². The fraction of sp³-hybridized carbons (Fsp3) is 0.778. The lowest BCUT2D eigenvalue weighted by Gasteiger charge is -1.90. The molecule has 1 heteroatoms. The van der Waals surface area contributed by atoms with Crippen LogP contribution >= 0.6 is 15.9 Å². The zero-order valence-electron chi connectivity index (χ0n) is 6.62. The average molecular weight is 203 g/mol. The van der Waals surface area contributed by atoms with Gasteiger partial charge in [0.25, 0.3) is 0 Å². The second kappa shape index (κ2) is 9.04. The minimum absolute atomic E-state index is 0.998. The molecule has 0 aromatic rings. The van der Waals surface area contributed by atoms with Gasteiger partial charge in [-0.25, -0.2) is 0 Å². The van der Waals surface area contributed by atoms with Gasteiger partial charge in [0.15, 0.2) is 0 Å². The first-order valence-corrected chi connectivity index (χ1v) is 5.05. The summed E-state index contributed by atoms with van der Waals surface area (Å²) in [5.74, 6) is 6.19. The van der Waals surface area contributed by atoms with Crippen LogP contribution in [0.5, 0.6) is 0 Å². The molecule has 0 atom stereocenters. The Hall–Kier alpha value is 0.0400. The molecule has 0 nitrogen and oxygen atoms in total. The third kappa shape index (κ3) is 8.04. The Balaban J connectivity index is 2.90. The molecule has 0 rings (SSSR count). The van der Waals surface area contributed by atoms with Crippen LogP contribution in [0.25, 0.3) is 0 Å². The van der Waals surface area contributed by atoms with Crippen molar-refractivity contribution in [1.82, 2.24) is 0 Å². The second-order valence-corrected chi connectivity index (χ2v) is 3.00. The summed E-state index contributed by atoms with van der Waals surface area (Å²) in [5.41, 5.74) is 0. The number of rotatable bonds is 4. The van der Waals surface area contributed by atoms with E-state index in [1.165, 1.54) is 19.3 Å². The molecule has 0 fully saturated rings. The summed E-state index contributed by atoms with van der Waals surface area (Å²) < 4.78 is 0. The lowest BCUT2D eigenvalue weighted by molar-refractivity contribution is 0.745. The first-order valence-electron chi connectivity index (χ1n) is 3.93. The van der Waals surface area contributed by atoms with Gasteiger partial charge in [0.2, 0.25) is 0 Å². The van der Waals surface area contributed by atoms with Crippen molar-refractivity contribution in [2.75, 3.05) is 5.33 Å². The number of hydrogen-bond acceptors (Lipinski definition) is 0. The van der Waals surface area contributed by atoms with E-state index in [1.54, 1.807) is 0 Å². The summed E-state index contributed by atoms with van der Waals surface area (Å²) in [7, 11) is 0. The van der Waals surface area contributed by atoms with E-state index < -0.39 is 0 Å². The van der Waals surface area contributed by atoms with E-state index in [9.17, 15) is 0 Å². The largest absolute Gasteiger partial charge is 0.104 e. The van der Waals surface area contributed by atoms with Crippen LogP contribution in [-0.4, -0.2) is 5.33 Å². The molecule has 0 aliphatic carbocycles. The fourth-order valence-corrected chi connectivity index (χ4v) is 1.09. The molecule has 10 heavy (non-hydrogen) atoms. The molecule has 0 aliphatic rings. The van der Waals surface area contributed by atoms with Crippen molar-refractivity contribution in [3.05, 3.63) is 0 Å². The Labute approximate surface area is 72.5 Å². The van der Waals surface area contributed by atoms with Crippen LogP contribution in [0.1, 0.15) is 39.0 Å². The van der Waals surface area contributed by atoms with E-state index in [0.29, 0.717) is 0 Å². The highest BCUT2D eigenvalue weighted by molar-refractivity contribution is 9.09. The molecule has 0 N–H and O–H groups in total. The summed E-state index contributed by atoms with van der Waals surface area (Å²) >= 11 is 3.40. The van der Waals surface area contributed by atoms with Crippen LogP contribution in [0.4, 0.5) is 0 Å². The van der Waals surface area contributed by atoms with Gasteiger partial charge in [-0.3, -0.25) is 0 Å². The van der Waals surface area contributed by atoms with E-state index in [4.69, 9.17) is 0 Å². The average Bonchev–Trinajstić information content (AvgIpc) is 1.97. The molecule has 0 saturated carbocycles. The molecule has 0 aromatic heterocycles. The molecule has 58 valence electrons.